The third kappa shape index (κ3) is 6.03. The summed E-state index contributed by atoms with van der Waals surface area (Å²) in [6.45, 7) is 3.64. The summed E-state index contributed by atoms with van der Waals surface area (Å²) in [6, 6.07) is 12.1. The molecular formula is C22H25BrFN3O3. The maximum atomic E-state index is 13.8. The number of methoxy groups -OCH3 is 1. The van der Waals surface area contributed by atoms with Gasteiger partial charge in [0.15, 0.2) is 11.6 Å². The van der Waals surface area contributed by atoms with Crippen molar-refractivity contribution in [3.05, 3.63) is 63.9 Å². The van der Waals surface area contributed by atoms with E-state index >= 15 is 0 Å². The Balaban J connectivity index is 1.39. The van der Waals surface area contributed by atoms with Crippen LogP contribution in [0.3, 0.4) is 0 Å². The molecule has 2 aromatic rings. The number of nitrogens with zero attached hydrogens (tertiary/aromatic N) is 2. The zero-order chi connectivity index (χ0) is 21.5. The quantitative estimate of drug-likeness (QED) is 0.665. The van der Waals surface area contributed by atoms with E-state index < -0.39 is 0 Å². The van der Waals surface area contributed by atoms with Gasteiger partial charge in [-0.15, -0.1) is 0 Å². The van der Waals surface area contributed by atoms with Crippen LogP contribution in [0, 0.1) is 5.82 Å². The predicted octanol–water partition coefficient (Wildman–Crippen LogP) is 3.06. The summed E-state index contributed by atoms with van der Waals surface area (Å²) in [7, 11) is 1.44. The smallest absolute Gasteiger partial charge is 0.251 e. The first-order valence-electron chi connectivity index (χ1n) is 9.82. The van der Waals surface area contributed by atoms with E-state index in [0.29, 0.717) is 31.7 Å². The summed E-state index contributed by atoms with van der Waals surface area (Å²) in [6.07, 6.45) is 0.270. The Bertz CT molecular complexity index is 884. The Labute approximate surface area is 184 Å². The van der Waals surface area contributed by atoms with Crippen LogP contribution in [0.15, 0.2) is 46.9 Å². The van der Waals surface area contributed by atoms with Crippen molar-refractivity contribution in [3.63, 3.8) is 0 Å². The molecule has 1 heterocycles. The van der Waals surface area contributed by atoms with Crippen molar-refractivity contribution in [2.24, 2.45) is 0 Å². The summed E-state index contributed by atoms with van der Waals surface area (Å²) in [5.41, 5.74) is 1.44. The van der Waals surface area contributed by atoms with E-state index in [0.717, 1.165) is 23.1 Å². The molecular weight excluding hydrogens is 453 g/mol. The molecule has 2 aromatic carbocycles. The number of hydrogen-bond acceptors (Lipinski definition) is 4. The highest BCUT2D eigenvalue weighted by Crippen LogP contribution is 2.19. The molecule has 0 aliphatic carbocycles. The van der Waals surface area contributed by atoms with E-state index in [1.54, 1.807) is 30.3 Å². The zero-order valence-corrected chi connectivity index (χ0v) is 18.5. The molecule has 1 N–H and O–H groups in total. The molecule has 2 amide bonds. The molecule has 0 aromatic heterocycles. The van der Waals surface area contributed by atoms with Crippen LogP contribution in [-0.4, -0.2) is 61.4 Å². The lowest BCUT2D eigenvalue weighted by Gasteiger charge is -2.34. The van der Waals surface area contributed by atoms with Crippen LogP contribution in [0.4, 0.5) is 4.39 Å². The van der Waals surface area contributed by atoms with Gasteiger partial charge in [-0.1, -0.05) is 22.0 Å². The normalized spacial score (nSPS) is 14.4. The highest BCUT2D eigenvalue weighted by molar-refractivity contribution is 9.10. The Morgan fingerprint density at radius 2 is 1.80 bits per heavy atom. The van der Waals surface area contributed by atoms with Crippen LogP contribution >= 0.6 is 15.9 Å². The highest BCUT2D eigenvalue weighted by Gasteiger charge is 2.21. The monoisotopic (exact) mass is 477 g/mol. The lowest BCUT2D eigenvalue weighted by Crippen LogP contribution is -2.48. The van der Waals surface area contributed by atoms with Crippen LogP contribution in [0.5, 0.6) is 5.75 Å². The van der Waals surface area contributed by atoms with Crippen molar-refractivity contribution in [3.8, 4) is 5.75 Å². The molecule has 6 nitrogen and oxygen atoms in total. The first kappa shape index (κ1) is 22.2. The van der Waals surface area contributed by atoms with Crippen molar-refractivity contribution in [1.29, 1.82) is 0 Å². The average molecular weight is 478 g/mol. The summed E-state index contributed by atoms with van der Waals surface area (Å²) >= 11 is 3.33. The van der Waals surface area contributed by atoms with E-state index in [1.165, 1.54) is 13.2 Å². The van der Waals surface area contributed by atoms with E-state index in [2.05, 4.69) is 26.1 Å². The van der Waals surface area contributed by atoms with Gasteiger partial charge in [-0.2, -0.15) is 0 Å². The number of ether oxygens (including phenoxy) is 1. The second-order valence-corrected chi connectivity index (χ2v) is 8.05. The van der Waals surface area contributed by atoms with Crippen LogP contribution < -0.4 is 10.1 Å². The van der Waals surface area contributed by atoms with E-state index in [9.17, 15) is 14.0 Å². The Morgan fingerprint density at radius 1 is 1.10 bits per heavy atom. The first-order valence-corrected chi connectivity index (χ1v) is 10.6. The number of benzene rings is 2. The van der Waals surface area contributed by atoms with Crippen molar-refractivity contribution in [2.45, 2.75) is 13.0 Å². The lowest BCUT2D eigenvalue weighted by atomic mass is 10.1. The minimum Gasteiger partial charge on any atom is -0.494 e. The molecule has 1 fully saturated rings. The standard InChI is InChI=1S/C22H25BrFN3O3/c1-30-20-7-2-16(14-19(20)24)15-26-10-12-27(13-11-26)21(28)8-9-25-22(29)17-3-5-18(23)6-4-17/h2-7,14H,8-13,15H2,1H3,(H,25,29). The third-order valence-corrected chi connectivity index (χ3v) is 5.61. The number of hydrogen-bond donors (Lipinski definition) is 1. The second-order valence-electron chi connectivity index (χ2n) is 7.14. The predicted molar refractivity (Wildman–Crippen MR) is 116 cm³/mol. The molecule has 1 aliphatic heterocycles. The van der Waals surface area contributed by atoms with E-state index in [1.807, 2.05) is 11.0 Å². The largest absolute Gasteiger partial charge is 0.494 e. The molecule has 0 spiro atoms. The third-order valence-electron chi connectivity index (χ3n) is 5.08. The summed E-state index contributed by atoms with van der Waals surface area (Å²) in [5.74, 6) is -0.288. The number of piperazine rings is 1. The van der Waals surface area contributed by atoms with Gasteiger partial charge in [-0.25, -0.2) is 4.39 Å². The Kier molecular flexibility index (Phi) is 7.81. The molecule has 0 saturated carbocycles. The summed E-state index contributed by atoms with van der Waals surface area (Å²) in [5, 5.41) is 2.79. The minimum atomic E-state index is -0.367. The van der Waals surface area contributed by atoms with Crippen LogP contribution in [0.1, 0.15) is 22.3 Å². The minimum absolute atomic E-state index is 0.0289. The molecule has 1 aliphatic rings. The fraction of sp³-hybridized carbons (Fsp3) is 0.364. The molecule has 1 saturated heterocycles. The number of carbonyl (C=O) groups is 2. The van der Waals surface area contributed by atoms with Crippen molar-refractivity contribution >= 4 is 27.7 Å². The number of nitrogens with one attached hydrogen (secondary N) is 1. The molecule has 30 heavy (non-hydrogen) atoms. The van der Waals surface area contributed by atoms with Crippen LogP contribution in [0.25, 0.3) is 0 Å². The van der Waals surface area contributed by atoms with Crippen LogP contribution in [0.2, 0.25) is 0 Å². The SMILES string of the molecule is COc1ccc(CN2CCN(C(=O)CCNC(=O)c3ccc(Br)cc3)CC2)cc1F. The zero-order valence-electron chi connectivity index (χ0n) is 16.9. The first-order chi connectivity index (χ1) is 14.5. The number of amides is 2. The van der Waals surface area contributed by atoms with Gasteiger partial charge in [0.05, 0.1) is 7.11 Å². The van der Waals surface area contributed by atoms with Gasteiger partial charge in [-0.3, -0.25) is 14.5 Å². The summed E-state index contributed by atoms with van der Waals surface area (Å²) < 4.78 is 19.7. The molecule has 0 bridgehead atoms. The van der Waals surface area contributed by atoms with E-state index in [4.69, 9.17) is 4.74 Å². The highest BCUT2D eigenvalue weighted by atomic mass is 79.9. The number of halogens is 2. The Hall–Kier alpha value is -2.45. The van der Waals surface area contributed by atoms with Crippen molar-refractivity contribution in [1.82, 2.24) is 15.1 Å². The van der Waals surface area contributed by atoms with Gasteiger partial charge in [0, 0.05) is 55.7 Å². The number of carbonyl (C=O) groups excluding carboxylic acids is 2. The lowest BCUT2D eigenvalue weighted by molar-refractivity contribution is -0.132. The van der Waals surface area contributed by atoms with Gasteiger partial charge in [0.2, 0.25) is 5.91 Å². The van der Waals surface area contributed by atoms with Crippen molar-refractivity contribution in [2.75, 3.05) is 39.8 Å². The topological polar surface area (TPSA) is 61.9 Å². The molecule has 160 valence electrons. The van der Waals surface area contributed by atoms with Crippen LogP contribution in [-0.2, 0) is 11.3 Å². The van der Waals surface area contributed by atoms with Gasteiger partial charge in [-0.05, 0) is 42.0 Å². The average Bonchev–Trinajstić information content (AvgIpc) is 2.74. The fourth-order valence-corrected chi connectivity index (χ4v) is 3.63. The molecule has 0 radical (unpaired) electrons. The van der Waals surface area contributed by atoms with Crippen molar-refractivity contribution < 1.29 is 18.7 Å². The van der Waals surface area contributed by atoms with Gasteiger partial charge in [0.1, 0.15) is 0 Å². The second kappa shape index (κ2) is 10.5. The fourth-order valence-electron chi connectivity index (χ4n) is 3.37. The van der Waals surface area contributed by atoms with Gasteiger partial charge in [0.25, 0.3) is 5.91 Å². The molecule has 0 unspecified atom stereocenters. The van der Waals surface area contributed by atoms with Gasteiger partial charge >= 0.3 is 0 Å². The molecule has 3 rings (SSSR count). The van der Waals surface area contributed by atoms with E-state index in [-0.39, 0.29) is 29.8 Å². The molecule has 8 heteroatoms. The molecule has 0 atom stereocenters. The summed E-state index contributed by atoms with van der Waals surface area (Å²) in [4.78, 5) is 28.5. The maximum Gasteiger partial charge on any atom is 0.251 e. The maximum absolute atomic E-state index is 13.8. The Morgan fingerprint density at radius 3 is 2.43 bits per heavy atom. The van der Waals surface area contributed by atoms with Gasteiger partial charge < -0.3 is 15.0 Å². The number of rotatable bonds is 7.